The van der Waals surface area contributed by atoms with Crippen LogP contribution in [0, 0.1) is 23.5 Å². The lowest BCUT2D eigenvalue weighted by atomic mass is 10.4. The first-order valence-electron chi connectivity index (χ1n) is 8.42. The van der Waals surface area contributed by atoms with E-state index >= 15 is 0 Å². The Morgan fingerprint density at radius 1 is 1.07 bits per heavy atom. The monoisotopic (exact) mass is 570 g/mol. The third-order valence-electron chi connectivity index (χ3n) is 3.66. The number of nitrogens with one attached hydrogen (secondary N) is 1. The number of alkyl halides is 1. The fraction of sp³-hybridized carbons (Fsp3) is 0.444. The molecule has 2 aliphatic rings. The topological polar surface area (TPSA) is 55.0 Å². The van der Waals surface area contributed by atoms with Crippen LogP contribution in [0.15, 0.2) is 38.3 Å². The first-order valence-corrected chi connectivity index (χ1v) is 11.1. The predicted molar refractivity (Wildman–Crippen MR) is 111 cm³/mol. The highest BCUT2D eigenvalue weighted by atomic mass is 79.9. The van der Waals surface area contributed by atoms with Gasteiger partial charge in [-0.1, -0.05) is 15.9 Å². The molecular formula is C18H19Br3F2N2O2. The summed E-state index contributed by atoms with van der Waals surface area (Å²) >= 11 is 9.43. The molecule has 2 saturated carbocycles. The largest absolute Gasteiger partial charge is 0.477 e. The minimum absolute atomic E-state index is 0.211. The number of aromatic amines is 1. The van der Waals surface area contributed by atoms with E-state index < -0.39 is 5.82 Å². The van der Waals surface area contributed by atoms with Crippen molar-refractivity contribution in [1.29, 1.82) is 0 Å². The van der Waals surface area contributed by atoms with Gasteiger partial charge in [0.1, 0.15) is 11.6 Å². The second-order valence-corrected chi connectivity index (χ2v) is 8.64. The molecule has 0 aliphatic heterocycles. The molecule has 0 saturated heterocycles. The summed E-state index contributed by atoms with van der Waals surface area (Å²) in [5, 5.41) is 1.23. The number of rotatable bonds is 4. The summed E-state index contributed by atoms with van der Waals surface area (Å²) in [6.45, 7) is 0.692. The van der Waals surface area contributed by atoms with Gasteiger partial charge in [0.25, 0.3) is 5.56 Å². The van der Waals surface area contributed by atoms with Crippen LogP contribution in [-0.4, -0.2) is 21.9 Å². The molecule has 1 N–H and O–H groups in total. The second-order valence-electron chi connectivity index (χ2n) is 6.29. The van der Waals surface area contributed by atoms with E-state index in [0.717, 1.165) is 24.4 Å². The molecule has 2 heterocycles. The van der Waals surface area contributed by atoms with E-state index in [1.165, 1.54) is 37.1 Å². The van der Waals surface area contributed by atoms with Crippen LogP contribution in [-0.2, 0) is 0 Å². The highest BCUT2D eigenvalue weighted by Crippen LogP contribution is 2.31. The molecule has 0 radical (unpaired) electrons. The molecule has 0 amide bonds. The smallest absolute Gasteiger partial charge is 0.262 e. The van der Waals surface area contributed by atoms with Crippen molar-refractivity contribution in [3.8, 4) is 5.88 Å². The number of hydrogen-bond acceptors (Lipinski definition) is 3. The highest BCUT2D eigenvalue weighted by molar-refractivity contribution is 9.10. The lowest BCUT2D eigenvalue weighted by Crippen LogP contribution is -2.05. The average molecular weight is 573 g/mol. The Labute approximate surface area is 181 Å². The summed E-state index contributed by atoms with van der Waals surface area (Å²) in [6.07, 6.45) is 7.56. The lowest BCUT2D eigenvalue weighted by molar-refractivity contribution is 0.285. The van der Waals surface area contributed by atoms with E-state index in [2.05, 4.69) is 57.8 Å². The predicted octanol–water partition coefficient (Wildman–Crippen LogP) is 5.84. The minimum atomic E-state index is -0.457. The van der Waals surface area contributed by atoms with Gasteiger partial charge in [-0.05, 0) is 81.5 Å². The maximum Gasteiger partial charge on any atom is 0.262 e. The number of hydrogen-bond donors (Lipinski definition) is 1. The van der Waals surface area contributed by atoms with Crippen LogP contribution in [0.25, 0.3) is 0 Å². The Bertz CT molecular complexity index is 796. The van der Waals surface area contributed by atoms with Gasteiger partial charge in [-0.25, -0.2) is 13.8 Å². The van der Waals surface area contributed by atoms with Crippen LogP contribution < -0.4 is 10.3 Å². The van der Waals surface area contributed by atoms with Gasteiger partial charge in [0.2, 0.25) is 5.88 Å². The Hall–Kier alpha value is -0.800. The van der Waals surface area contributed by atoms with Crippen LogP contribution in [0.1, 0.15) is 25.7 Å². The number of nitrogens with zero attached hydrogens (tertiary/aromatic N) is 1. The molecule has 0 aromatic carbocycles. The van der Waals surface area contributed by atoms with E-state index in [9.17, 15) is 13.6 Å². The van der Waals surface area contributed by atoms with E-state index in [4.69, 9.17) is 4.74 Å². The summed E-state index contributed by atoms with van der Waals surface area (Å²) in [5.74, 6) is 1.40. The molecule has 0 atom stereocenters. The fourth-order valence-corrected chi connectivity index (χ4v) is 3.11. The van der Waals surface area contributed by atoms with Crippen molar-refractivity contribution < 1.29 is 13.5 Å². The fourth-order valence-electron chi connectivity index (χ4n) is 1.69. The average Bonchev–Trinajstić information content (AvgIpc) is 3.53. The van der Waals surface area contributed by atoms with E-state index in [-0.39, 0.29) is 15.8 Å². The lowest BCUT2D eigenvalue weighted by Gasteiger charge is -2.05. The van der Waals surface area contributed by atoms with Crippen molar-refractivity contribution in [2.45, 2.75) is 25.7 Å². The third-order valence-corrected chi connectivity index (χ3v) is 5.74. The summed E-state index contributed by atoms with van der Waals surface area (Å²) in [7, 11) is 0. The summed E-state index contributed by atoms with van der Waals surface area (Å²) in [5.41, 5.74) is -0.323. The maximum atomic E-state index is 12.6. The number of aromatic nitrogens is 2. The van der Waals surface area contributed by atoms with Crippen molar-refractivity contribution in [2.24, 2.45) is 11.8 Å². The molecule has 0 bridgehead atoms. The van der Waals surface area contributed by atoms with Gasteiger partial charge < -0.3 is 9.72 Å². The van der Waals surface area contributed by atoms with Crippen LogP contribution in [0.3, 0.4) is 0 Å². The van der Waals surface area contributed by atoms with Gasteiger partial charge in [-0.3, -0.25) is 4.79 Å². The molecule has 148 valence electrons. The zero-order valence-electron chi connectivity index (χ0n) is 14.4. The molecule has 0 spiro atoms. The van der Waals surface area contributed by atoms with Crippen molar-refractivity contribution in [2.75, 3.05) is 11.9 Å². The Balaban J connectivity index is 0.000000161. The highest BCUT2D eigenvalue weighted by Gasteiger charge is 2.22. The summed E-state index contributed by atoms with van der Waals surface area (Å²) < 4.78 is 30.9. The van der Waals surface area contributed by atoms with Crippen LogP contribution in [0.4, 0.5) is 8.78 Å². The van der Waals surface area contributed by atoms with E-state index in [0.29, 0.717) is 22.9 Å². The van der Waals surface area contributed by atoms with Crippen LogP contribution in [0.2, 0.25) is 0 Å². The maximum absolute atomic E-state index is 12.6. The van der Waals surface area contributed by atoms with Gasteiger partial charge >= 0.3 is 0 Å². The van der Waals surface area contributed by atoms with Gasteiger partial charge in [0, 0.05) is 11.5 Å². The van der Waals surface area contributed by atoms with Crippen molar-refractivity contribution >= 4 is 47.8 Å². The van der Waals surface area contributed by atoms with Gasteiger partial charge in [-0.15, -0.1) is 0 Å². The Morgan fingerprint density at radius 3 is 2.15 bits per heavy atom. The van der Waals surface area contributed by atoms with Crippen molar-refractivity contribution in [1.82, 2.24) is 9.97 Å². The molecule has 27 heavy (non-hydrogen) atoms. The van der Waals surface area contributed by atoms with Gasteiger partial charge in [-0.2, -0.15) is 0 Å². The molecule has 2 aliphatic carbocycles. The van der Waals surface area contributed by atoms with Crippen molar-refractivity contribution in [3.63, 3.8) is 0 Å². The standard InChI is InChI=1S/C9H9BrFNO.C5H3BrFNO.C4H7Br/c10-8-3-7(11)4-12-9(8)13-5-6-1-2-6;6-4-1-3(7)2-8-5(4)9;5-3-4-1-2-4/h3-4,6H,1-2,5H2;1-2H,(H,8,9);4H,1-3H2. The molecule has 0 unspecified atom stereocenters. The number of H-pyrrole nitrogens is 1. The molecule has 2 fully saturated rings. The zero-order chi connectivity index (χ0) is 19.8. The molecule has 2 aromatic heterocycles. The number of ether oxygens (including phenoxy) is 1. The zero-order valence-corrected chi connectivity index (χ0v) is 19.1. The van der Waals surface area contributed by atoms with Gasteiger partial charge in [0.05, 0.1) is 21.7 Å². The molecule has 4 nitrogen and oxygen atoms in total. The second kappa shape index (κ2) is 11.3. The third kappa shape index (κ3) is 9.30. The van der Waals surface area contributed by atoms with Crippen LogP contribution in [0.5, 0.6) is 5.88 Å². The normalized spacial score (nSPS) is 15.1. The van der Waals surface area contributed by atoms with Crippen LogP contribution >= 0.6 is 47.8 Å². The Morgan fingerprint density at radius 2 is 1.70 bits per heavy atom. The van der Waals surface area contributed by atoms with E-state index in [1.54, 1.807) is 0 Å². The molecule has 4 rings (SSSR count). The van der Waals surface area contributed by atoms with Crippen molar-refractivity contribution in [3.05, 3.63) is 55.5 Å². The van der Waals surface area contributed by atoms with E-state index in [1.807, 2.05) is 0 Å². The molecular weight excluding hydrogens is 554 g/mol. The summed E-state index contributed by atoms with van der Waals surface area (Å²) in [6, 6.07) is 2.47. The van der Waals surface area contributed by atoms with Gasteiger partial charge in [0.15, 0.2) is 0 Å². The summed E-state index contributed by atoms with van der Waals surface area (Å²) in [4.78, 5) is 16.5. The first kappa shape index (κ1) is 22.5. The number of halogens is 5. The quantitative estimate of drug-likeness (QED) is 0.468. The number of pyridine rings is 2. The minimum Gasteiger partial charge on any atom is -0.477 e. The Kier molecular flexibility index (Phi) is 9.38. The molecule has 2 aromatic rings. The molecule has 9 heteroatoms. The SMILES string of the molecule is BrCC1CC1.Fc1cnc(OCC2CC2)c(Br)c1.O=c1[nH]cc(F)cc1Br. The first-order chi connectivity index (χ1) is 12.9.